The lowest BCUT2D eigenvalue weighted by Crippen LogP contribution is -2.09. The molecular formula is C10H13N5O2S. The molecule has 0 bridgehead atoms. The number of aromatic nitrogens is 4. The van der Waals surface area contributed by atoms with Crippen LogP contribution in [0, 0.1) is 6.92 Å². The summed E-state index contributed by atoms with van der Waals surface area (Å²) in [5.74, 6) is 0.850. The molecule has 2 aromatic rings. The summed E-state index contributed by atoms with van der Waals surface area (Å²) < 4.78 is 10.7. The fourth-order valence-electron chi connectivity index (χ4n) is 1.17. The van der Waals surface area contributed by atoms with Gasteiger partial charge >= 0.3 is 0 Å². The van der Waals surface area contributed by atoms with Gasteiger partial charge in [0.15, 0.2) is 0 Å². The zero-order chi connectivity index (χ0) is 13.1. The molecule has 0 saturated carbocycles. The van der Waals surface area contributed by atoms with Crippen molar-refractivity contribution in [2.45, 2.75) is 37.1 Å². The Hall–Kier alpha value is -1.83. The second-order valence-electron chi connectivity index (χ2n) is 3.75. The molecule has 0 radical (unpaired) electrons. The Morgan fingerprint density at radius 1 is 1.33 bits per heavy atom. The number of rotatable bonds is 4. The molecule has 0 aliphatic rings. The van der Waals surface area contributed by atoms with Crippen molar-refractivity contribution in [1.82, 2.24) is 20.2 Å². The molecule has 2 heterocycles. The first-order valence-corrected chi connectivity index (χ1v) is 6.13. The van der Waals surface area contributed by atoms with Crippen LogP contribution in [0.5, 0.6) is 5.88 Å². The average molecular weight is 267 g/mol. The smallest absolute Gasteiger partial charge is 0.283 e. The lowest BCUT2D eigenvalue weighted by Gasteiger charge is -2.11. The van der Waals surface area contributed by atoms with Crippen molar-refractivity contribution < 1.29 is 9.15 Å². The topological polar surface area (TPSA) is 100.0 Å². The van der Waals surface area contributed by atoms with Gasteiger partial charge in [-0.2, -0.15) is 4.98 Å². The quantitative estimate of drug-likeness (QED) is 0.835. The van der Waals surface area contributed by atoms with E-state index in [1.165, 1.54) is 18.1 Å². The van der Waals surface area contributed by atoms with E-state index in [4.69, 9.17) is 14.9 Å². The van der Waals surface area contributed by atoms with Crippen LogP contribution in [0.1, 0.15) is 19.7 Å². The van der Waals surface area contributed by atoms with Crippen LogP contribution >= 0.6 is 11.8 Å². The summed E-state index contributed by atoms with van der Waals surface area (Å²) in [5.41, 5.74) is 6.29. The first-order chi connectivity index (χ1) is 8.56. The predicted octanol–water partition coefficient (Wildman–Crippen LogP) is 1.69. The molecule has 0 aliphatic carbocycles. The first kappa shape index (κ1) is 12.6. The molecule has 0 amide bonds. The number of nitrogens with zero attached hydrogens (tertiary/aromatic N) is 4. The van der Waals surface area contributed by atoms with Crippen LogP contribution < -0.4 is 10.5 Å². The number of anilines is 1. The maximum Gasteiger partial charge on any atom is 0.283 e. The van der Waals surface area contributed by atoms with E-state index in [1.54, 1.807) is 6.92 Å². The molecule has 2 aromatic heterocycles. The van der Waals surface area contributed by atoms with Gasteiger partial charge in [-0.15, -0.1) is 10.2 Å². The first-order valence-electron chi connectivity index (χ1n) is 5.31. The lowest BCUT2D eigenvalue weighted by molar-refractivity contribution is 0.233. The summed E-state index contributed by atoms with van der Waals surface area (Å²) >= 11 is 1.18. The molecule has 2 rings (SSSR count). The zero-order valence-electron chi connectivity index (χ0n) is 10.2. The number of nitrogen functional groups attached to an aromatic ring is 1. The summed E-state index contributed by atoms with van der Waals surface area (Å²) in [4.78, 5) is 8.06. The van der Waals surface area contributed by atoms with Crippen molar-refractivity contribution in [3.05, 3.63) is 12.2 Å². The number of ether oxygens (including phenoxy) is 1. The fourth-order valence-corrected chi connectivity index (χ4v) is 1.87. The van der Waals surface area contributed by atoms with Gasteiger partial charge in [0, 0.05) is 6.92 Å². The minimum absolute atomic E-state index is 0.00861. The minimum Gasteiger partial charge on any atom is -0.473 e. The molecular weight excluding hydrogens is 254 g/mol. The van der Waals surface area contributed by atoms with E-state index >= 15 is 0 Å². The monoisotopic (exact) mass is 267 g/mol. The molecule has 96 valence electrons. The van der Waals surface area contributed by atoms with E-state index in [0.29, 0.717) is 27.7 Å². The van der Waals surface area contributed by atoms with Gasteiger partial charge in [-0.3, -0.25) is 0 Å². The summed E-state index contributed by atoms with van der Waals surface area (Å²) in [7, 11) is 0. The maximum atomic E-state index is 5.93. The van der Waals surface area contributed by atoms with Gasteiger partial charge in [-0.05, 0) is 25.6 Å². The van der Waals surface area contributed by atoms with Gasteiger partial charge in [0.05, 0.1) is 6.10 Å². The molecule has 0 unspecified atom stereocenters. The van der Waals surface area contributed by atoms with Crippen LogP contribution in [0.15, 0.2) is 21.0 Å². The van der Waals surface area contributed by atoms with Gasteiger partial charge in [-0.25, -0.2) is 4.98 Å². The van der Waals surface area contributed by atoms with Crippen molar-refractivity contribution in [2.75, 3.05) is 5.73 Å². The summed E-state index contributed by atoms with van der Waals surface area (Å²) in [5, 5.41) is 8.51. The maximum absolute atomic E-state index is 5.93. The molecule has 0 atom stereocenters. The van der Waals surface area contributed by atoms with Crippen molar-refractivity contribution in [1.29, 1.82) is 0 Å². The van der Waals surface area contributed by atoms with Gasteiger partial charge < -0.3 is 14.9 Å². The molecule has 7 nitrogen and oxygen atoms in total. The Labute approximate surface area is 108 Å². The Kier molecular flexibility index (Phi) is 3.66. The van der Waals surface area contributed by atoms with Crippen LogP contribution in [-0.4, -0.2) is 26.3 Å². The van der Waals surface area contributed by atoms with E-state index < -0.39 is 0 Å². The van der Waals surface area contributed by atoms with Crippen LogP contribution in [0.3, 0.4) is 0 Å². The highest BCUT2D eigenvalue weighted by atomic mass is 32.2. The highest BCUT2D eigenvalue weighted by Gasteiger charge is 2.14. The van der Waals surface area contributed by atoms with Crippen LogP contribution in [0.4, 0.5) is 5.69 Å². The molecule has 0 fully saturated rings. The molecule has 0 aromatic carbocycles. The standard InChI is InChI=1S/C10H13N5O2S/c1-5(2)16-8-7(11)9(13-4-12-8)18-10-15-14-6(3)17-10/h4-5H,11H2,1-3H3. The highest BCUT2D eigenvalue weighted by Crippen LogP contribution is 2.33. The van der Waals surface area contributed by atoms with Crippen molar-refractivity contribution in [3.63, 3.8) is 0 Å². The van der Waals surface area contributed by atoms with Gasteiger partial charge in [0.2, 0.25) is 11.8 Å². The minimum atomic E-state index is -0.00861. The largest absolute Gasteiger partial charge is 0.473 e. The van der Waals surface area contributed by atoms with Gasteiger partial charge in [0.25, 0.3) is 5.22 Å². The summed E-state index contributed by atoms with van der Waals surface area (Å²) in [6.45, 7) is 5.51. The van der Waals surface area contributed by atoms with Crippen LogP contribution in [0.2, 0.25) is 0 Å². The molecule has 0 aliphatic heterocycles. The highest BCUT2D eigenvalue weighted by molar-refractivity contribution is 7.99. The van der Waals surface area contributed by atoms with Crippen molar-refractivity contribution in [3.8, 4) is 5.88 Å². The lowest BCUT2D eigenvalue weighted by atomic mass is 10.4. The SMILES string of the molecule is Cc1nnc(Sc2ncnc(OC(C)C)c2N)o1. The van der Waals surface area contributed by atoms with Gasteiger partial charge in [-0.1, -0.05) is 0 Å². The number of hydrogen-bond donors (Lipinski definition) is 1. The average Bonchev–Trinajstić information content (AvgIpc) is 2.69. The van der Waals surface area contributed by atoms with Crippen molar-refractivity contribution >= 4 is 17.4 Å². The molecule has 8 heteroatoms. The fraction of sp³-hybridized carbons (Fsp3) is 0.400. The molecule has 2 N–H and O–H groups in total. The van der Waals surface area contributed by atoms with E-state index in [9.17, 15) is 0 Å². The summed E-state index contributed by atoms with van der Waals surface area (Å²) in [6, 6.07) is 0. The second kappa shape index (κ2) is 5.21. The van der Waals surface area contributed by atoms with Gasteiger partial charge in [0.1, 0.15) is 17.0 Å². The van der Waals surface area contributed by atoms with E-state index in [1.807, 2.05) is 13.8 Å². The van der Waals surface area contributed by atoms with E-state index in [2.05, 4.69) is 20.2 Å². The van der Waals surface area contributed by atoms with Crippen LogP contribution in [-0.2, 0) is 0 Å². The third-order valence-corrected chi connectivity index (χ3v) is 2.71. The zero-order valence-corrected chi connectivity index (χ0v) is 11.1. The van der Waals surface area contributed by atoms with E-state index in [-0.39, 0.29) is 6.10 Å². The third-order valence-electron chi connectivity index (χ3n) is 1.85. The van der Waals surface area contributed by atoms with E-state index in [0.717, 1.165) is 0 Å². The molecule has 0 saturated heterocycles. The molecule has 0 spiro atoms. The number of hydrogen-bond acceptors (Lipinski definition) is 8. The second-order valence-corrected chi connectivity index (χ2v) is 4.69. The number of nitrogens with two attached hydrogens (primary N) is 1. The molecule has 18 heavy (non-hydrogen) atoms. The van der Waals surface area contributed by atoms with Crippen molar-refractivity contribution in [2.24, 2.45) is 0 Å². The third kappa shape index (κ3) is 2.89. The summed E-state index contributed by atoms with van der Waals surface area (Å²) in [6.07, 6.45) is 1.38. The number of aryl methyl sites for hydroxylation is 1. The normalized spacial score (nSPS) is 10.9. The Morgan fingerprint density at radius 2 is 2.11 bits per heavy atom. The predicted molar refractivity (Wildman–Crippen MR) is 65.4 cm³/mol. The Balaban J connectivity index is 2.23. The Bertz CT molecular complexity index is 543. The Morgan fingerprint density at radius 3 is 2.72 bits per heavy atom. The van der Waals surface area contributed by atoms with Crippen LogP contribution in [0.25, 0.3) is 0 Å².